The van der Waals surface area contributed by atoms with Crippen LogP contribution >= 0.6 is 11.3 Å². The van der Waals surface area contributed by atoms with Crippen molar-refractivity contribution in [3.8, 4) is 0 Å². The Morgan fingerprint density at radius 1 is 1.53 bits per heavy atom. The zero-order valence-electron chi connectivity index (χ0n) is 8.53. The van der Waals surface area contributed by atoms with Gasteiger partial charge in [-0.05, 0) is 6.42 Å². The van der Waals surface area contributed by atoms with Crippen LogP contribution in [-0.2, 0) is 11.2 Å². The van der Waals surface area contributed by atoms with Gasteiger partial charge in [0.1, 0.15) is 0 Å². The number of fused-ring (bicyclic) bond motifs is 1. The van der Waals surface area contributed by atoms with Crippen LogP contribution in [0, 0.1) is 5.92 Å². The van der Waals surface area contributed by atoms with Gasteiger partial charge < -0.3 is 15.8 Å². The highest BCUT2D eigenvalue weighted by Gasteiger charge is 2.32. The lowest BCUT2D eigenvalue weighted by molar-refractivity contribution is 0.176. The first-order chi connectivity index (χ1) is 7.34. The van der Waals surface area contributed by atoms with Gasteiger partial charge in [-0.25, -0.2) is 4.98 Å². The minimum Gasteiger partial charge on any atom is -0.381 e. The molecule has 0 aliphatic carbocycles. The smallest absolute Gasteiger partial charge is 0.180 e. The summed E-state index contributed by atoms with van der Waals surface area (Å²) in [6.45, 7) is 2.78. The van der Waals surface area contributed by atoms with Crippen molar-refractivity contribution in [2.75, 3.05) is 25.5 Å². The minimum atomic E-state index is 0.422. The van der Waals surface area contributed by atoms with Gasteiger partial charge in [-0.15, -0.1) is 11.3 Å². The summed E-state index contributed by atoms with van der Waals surface area (Å²) >= 11 is 1.63. The molecule has 2 aliphatic rings. The van der Waals surface area contributed by atoms with Gasteiger partial charge in [-0.2, -0.15) is 0 Å². The van der Waals surface area contributed by atoms with Crippen molar-refractivity contribution in [1.29, 1.82) is 0 Å². The number of nitrogens with two attached hydrogens (primary N) is 1. The van der Waals surface area contributed by atoms with Gasteiger partial charge in [0.15, 0.2) is 5.13 Å². The number of nitrogen functional groups attached to an aromatic ring is 1. The van der Waals surface area contributed by atoms with Crippen molar-refractivity contribution in [2.24, 2.45) is 5.92 Å². The summed E-state index contributed by atoms with van der Waals surface area (Å²) in [5.41, 5.74) is 6.97. The molecule has 1 aromatic heterocycles. The fraction of sp³-hybridized carbons (Fsp3) is 0.700. The Balaban J connectivity index is 1.90. The van der Waals surface area contributed by atoms with E-state index in [1.165, 1.54) is 10.6 Å². The lowest BCUT2D eigenvalue weighted by atomic mass is 9.94. The second kappa shape index (κ2) is 3.73. The third-order valence-electron chi connectivity index (χ3n) is 3.19. The van der Waals surface area contributed by atoms with E-state index in [2.05, 4.69) is 10.3 Å². The van der Waals surface area contributed by atoms with Crippen LogP contribution in [-0.4, -0.2) is 24.7 Å². The zero-order valence-corrected chi connectivity index (χ0v) is 9.35. The Bertz CT molecular complexity index is 360. The summed E-state index contributed by atoms with van der Waals surface area (Å²) in [6, 6.07) is 0.422. The minimum absolute atomic E-state index is 0.422. The Morgan fingerprint density at radius 2 is 2.47 bits per heavy atom. The molecule has 2 atom stereocenters. The molecule has 1 aromatic rings. The molecular formula is C10H15N3OS. The molecule has 0 saturated carbocycles. The molecule has 82 valence electrons. The molecule has 3 heterocycles. The maximum atomic E-state index is 5.77. The Morgan fingerprint density at radius 3 is 3.27 bits per heavy atom. The van der Waals surface area contributed by atoms with E-state index in [1.807, 2.05) is 0 Å². The van der Waals surface area contributed by atoms with Crippen molar-refractivity contribution in [1.82, 2.24) is 10.3 Å². The molecule has 0 spiro atoms. The van der Waals surface area contributed by atoms with Gasteiger partial charge in [0.2, 0.25) is 0 Å². The van der Waals surface area contributed by atoms with Crippen molar-refractivity contribution < 1.29 is 4.74 Å². The van der Waals surface area contributed by atoms with Gasteiger partial charge in [0, 0.05) is 36.4 Å². The van der Waals surface area contributed by atoms with Crippen LogP contribution in [0.15, 0.2) is 0 Å². The average molecular weight is 225 g/mol. The summed E-state index contributed by atoms with van der Waals surface area (Å²) in [4.78, 5) is 5.73. The number of hydrogen-bond acceptors (Lipinski definition) is 5. The second-order valence-corrected chi connectivity index (χ2v) is 5.23. The number of anilines is 1. The van der Waals surface area contributed by atoms with Gasteiger partial charge in [0.25, 0.3) is 0 Å². The number of thiazole rings is 1. The number of ether oxygens (including phenoxy) is 1. The number of nitrogens with zero attached hydrogens (tertiary/aromatic N) is 1. The molecule has 5 heteroatoms. The molecule has 0 radical (unpaired) electrons. The maximum Gasteiger partial charge on any atom is 0.180 e. The number of nitrogens with one attached hydrogen (secondary N) is 1. The number of rotatable bonds is 1. The van der Waals surface area contributed by atoms with Crippen LogP contribution in [0.1, 0.15) is 23.0 Å². The van der Waals surface area contributed by atoms with Crippen LogP contribution in [0.5, 0.6) is 0 Å². The lowest BCUT2D eigenvalue weighted by Gasteiger charge is -2.27. The SMILES string of the molecule is Nc1nc2c(s1)[C@@H]([C@@H]1CCOC1)NCC2. The van der Waals surface area contributed by atoms with E-state index in [-0.39, 0.29) is 0 Å². The van der Waals surface area contributed by atoms with Crippen molar-refractivity contribution in [2.45, 2.75) is 18.9 Å². The van der Waals surface area contributed by atoms with Crippen LogP contribution < -0.4 is 11.1 Å². The van der Waals surface area contributed by atoms with E-state index >= 15 is 0 Å². The molecule has 1 saturated heterocycles. The van der Waals surface area contributed by atoms with E-state index in [4.69, 9.17) is 10.5 Å². The molecule has 0 amide bonds. The van der Waals surface area contributed by atoms with E-state index in [0.29, 0.717) is 17.1 Å². The first-order valence-electron chi connectivity index (χ1n) is 5.41. The van der Waals surface area contributed by atoms with Crippen LogP contribution in [0.25, 0.3) is 0 Å². The molecule has 3 rings (SSSR count). The molecule has 2 aliphatic heterocycles. The molecular weight excluding hydrogens is 210 g/mol. The summed E-state index contributed by atoms with van der Waals surface area (Å²) in [5.74, 6) is 0.601. The molecule has 0 bridgehead atoms. The highest BCUT2D eigenvalue weighted by atomic mass is 32.1. The zero-order chi connectivity index (χ0) is 10.3. The third kappa shape index (κ3) is 1.64. The third-order valence-corrected chi connectivity index (χ3v) is 4.20. The quantitative estimate of drug-likeness (QED) is 0.747. The van der Waals surface area contributed by atoms with Gasteiger partial charge in [0.05, 0.1) is 12.3 Å². The predicted molar refractivity (Wildman–Crippen MR) is 59.9 cm³/mol. The standard InChI is InChI=1S/C10H15N3OS/c11-10-13-7-1-3-12-8(9(7)15-10)6-2-4-14-5-6/h6,8,12H,1-5H2,(H2,11,13)/t6-,8-/m1/s1. The molecule has 1 fully saturated rings. The highest BCUT2D eigenvalue weighted by Crippen LogP contribution is 2.37. The van der Waals surface area contributed by atoms with Crippen molar-refractivity contribution in [3.05, 3.63) is 10.6 Å². The van der Waals surface area contributed by atoms with Gasteiger partial charge in [-0.1, -0.05) is 0 Å². The van der Waals surface area contributed by atoms with E-state index in [9.17, 15) is 0 Å². The number of hydrogen-bond donors (Lipinski definition) is 2. The Labute approximate surface area is 92.8 Å². The normalized spacial score (nSPS) is 30.4. The van der Waals surface area contributed by atoms with Gasteiger partial charge >= 0.3 is 0 Å². The van der Waals surface area contributed by atoms with Crippen LogP contribution in [0.2, 0.25) is 0 Å². The summed E-state index contributed by atoms with van der Waals surface area (Å²) in [6.07, 6.45) is 2.15. The summed E-state index contributed by atoms with van der Waals surface area (Å²) < 4.78 is 5.45. The topological polar surface area (TPSA) is 60.2 Å². The second-order valence-electron chi connectivity index (χ2n) is 4.17. The van der Waals surface area contributed by atoms with Crippen molar-refractivity contribution in [3.63, 3.8) is 0 Å². The Hall–Kier alpha value is -0.650. The van der Waals surface area contributed by atoms with Gasteiger partial charge in [-0.3, -0.25) is 0 Å². The van der Waals surface area contributed by atoms with Crippen molar-refractivity contribution >= 4 is 16.5 Å². The molecule has 15 heavy (non-hydrogen) atoms. The largest absolute Gasteiger partial charge is 0.381 e. The monoisotopic (exact) mass is 225 g/mol. The molecule has 0 unspecified atom stereocenters. The predicted octanol–water partition coefficient (Wildman–Crippen LogP) is 0.949. The Kier molecular flexibility index (Phi) is 2.38. The van der Waals surface area contributed by atoms with E-state index in [1.54, 1.807) is 11.3 Å². The fourth-order valence-corrected chi connectivity index (χ4v) is 3.49. The first-order valence-corrected chi connectivity index (χ1v) is 6.22. The lowest BCUT2D eigenvalue weighted by Crippen LogP contribution is -2.34. The summed E-state index contributed by atoms with van der Waals surface area (Å²) in [5, 5.41) is 4.27. The van der Waals surface area contributed by atoms with E-state index in [0.717, 1.165) is 32.6 Å². The summed E-state index contributed by atoms with van der Waals surface area (Å²) in [7, 11) is 0. The fourth-order valence-electron chi connectivity index (χ4n) is 2.44. The molecule has 0 aromatic carbocycles. The van der Waals surface area contributed by atoms with E-state index < -0.39 is 0 Å². The first kappa shape index (κ1) is 9.57. The molecule has 4 nitrogen and oxygen atoms in total. The van der Waals surface area contributed by atoms with Crippen LogP contribution in [0.3, 0.4) is 0 Å². The maximum absolute atomic E-state index is 5.77. The molecule has 3 N–H and O–H groups in total. The highest BCUT2D eigenvalue weighted by molar-refractivity contribution is 7.15. The number of aromatic nitrogens is 1. The average Bonchev–Trinajstić information content (AvgIpc) is 2.82. The van der Waals surface area contributed by atoms with Crippen LogP contribution in [0.4, 0.5) is 5.13 Å².